The highest BCUT2D eigenvalue weighted by Crippen LogP contribution is 2.35. The van der Waals surface area contributed by atoms with Gasteiger partial charge in [0.2, 0.25) is 0 Å². The molecule has 2 aliphatic heterocycles. The predicted molar refractivity (Wildman–Crippen MR) is 153 cm³/mol. The SMILES string of the molecule is Cc1ccccc1C1CC[N+](Cc2ccc(Sc3ccc(Cl)cc3)cc2)(C(=O)N[C@@H]2CCCCN2)CC1. The van der Waals surface area contributed by atoms with Crippen molar-refractivity contribution in [2.75, 3.05) is 19.6 Å². The molecule has 37 heavy (non-hydrogen) atoms. The number of nitrogens with zero attached hydrogens (tertiary/aromatic N) is 1. The first-order chi connectivity index (χ1) is 18.0. The molecule has 3 aromatic carbocycles. The van der Waals surface area contributed by atoms with E-state index >= 15 is 0 Å². The average molecular weight is 535 g/mol. The Hall–Kier alpha value is -2.31. The van der Waals surface area contributed by atoms with E-state index in [0.29, 0.717) is 10.4 Å². The molecule has 2 N–H and O–H groups in total. The molecule has 2 fully saturated rings. The second-order valence-corrected chi connectivity index (χ2v) is 12.1. The van der Waals surface area contributed by atoms with Crippen LogP contribution in [-0.4, -0.2) is 36.3 Å². The Labute approximate surface area is 230 Å². The van der Waals surface area contributed by atoms with Crippen LogP contribution in [0.1, 0.15) is 54.7 Å². The van der Waals surface area contributed by atoms with Crippen LogP contribution in [0.2, 0.25) is 5.02 Å². The number of benzene rings is 3. The number of piperidine rings is 2. The number of aryl methyl sites for hydroxylation is 1. The lowest BCUT2D eigenvalue weighted by Crippen LogP contribution is -2.63. The molecule has 2 heterocycles. The van der Waals surface area contributed by atoms with Gasteiger partial charge >= 0.3 is 6.03 Å². The first-order valence-electron chi connectivity index (χ1n) is 13.5. The van der Waals surface area contributed by atoms with Crippen molar-refractivity contribution >= 4 is 29.4 Å². The second-order valence-electron chi connectivity index (χ2n) is 10.5. The molecule has 0 unspecified atom stereocenters. The monoisotopic (exact) mass is 534 g/mol. The number of rotatable bonds is 6. The summed E-state index contributed by atoms with van der Waals surface area (Å²) in [6.45, 7) is 5.63. The van der Waals surface area contributed by atoms with E-state index in [0.717, 1.165) is 50.5 Å². The molecule has 194 valence electrons. The van der Waals surface area contributed by atoms with Crippen LogP contribution in [0.5, 0.6) is 0 Å². The lowest BCUT2D eigenvalue weighted by molar-refractivity contribution is -0.869. The highest BCUT2D eigenvalue weighted by atomic mass is 35.5. The summed E-state index contributed by atoms with van der Waals surface area (Å²) in [5.74, 6) is 0.520. The molecule has 2 amide bonds. The summed E-state index contributed by atoms with van der Waals surface area (Å²) >= 11 is 7.76. The molecule has 0 saturated carbocycles. The van der Waals surface area contributed by atoms with Gasteiger partial charge in [0, 0.05) is 33.2 Å². The molecule has 0 aromatic heterocycles. The van der Waals surface area contributed by atoms with E-state index in [1.54, 1.807) is 11.8 Å². The second kappa shape index (κ2) is 12.0. The normalized spacial score (nSPS) is 23.9. The number of amides is 2. The van der Waals surface area contributed by atoms with Gasteiger partial charge < -0.3 is 0 Å². The number of quaternary nitrogens is 1. The van der Waals surface area contributed by atoms with E-state index in [1.807, 2.05) is 24.3 Å². The van der Waals surface area contributed by atoms with Gasteiger partial charge in [-0.05, 0) is 86.2 Å². The highest BCUT2D eigenvalue weighted by molar-refractivity contribution is 7.99. The molecule has 3 aromatic rings. The van der Waals surface area contributed by atoms with Crippen molar-refractivity contribution in [2.24, 2.45) is 0 Å². The maximum Gasteiger partial charge on any atom is 0.418 e. The maximum absolute atomic E-state index is 13.8. The van der Waals surface area contributed by atoms with Crippen molar-refractivity contribution in [3.8, 4) is 0 Å². The summed E-state index contributed by atoms with van der Waals surface area (Å²) < 4.78 is 0.476. The zero-order valence-electron chi connectivity index (χ0n) is 21.6. The predicted octanol–water partition coefficient (Wildman–Crippen LogP) is 7.50. The zero-order valence-corrected chi connectivity index (χ0v) is 23.2. The molecule has 2 saturated heterocycles. The van der Waals surface area contributed by atoms with E-state index in [9.17, 15) is 4.79 Å². The van der Waals surface area contributed by atoms with E-state index in [2.05, 4.69) is 66.1 Å². The van der Waals surface area contributed by atoms with Gasteiger partial charge in [0.1, 0.15) is 6.54 Å². The van der Waals surface area contributed by atoms with Gasteiger partial charge in [0.05, 0.1) is 19.3 Å². The van der Waals surface area contributed by atoms with E-state index in [4.69, 9.17) is 11.6 Å². The van der Waals surface area contributed by atoms with Crippen LogP contribution in [0, 0.1) is 6.92 Å². The van der Waals surface area contributed by atoms with Crippen LogP contribution in [0.3, 0.4) is 0 Å². The third-order valence-electron chi connectivity index (χ3n) is 7.94. The summed E-state index contributed by atoms with van der Waals surface area (Å²) in [4.78, 5) is 16.2. The number of carbonyl (C=O) groups excluding carboxylic acids is 1. The Kier molecular flexibility index (Phi) is 8.56. The van der Waals surface area contributed by atoms with Gasteiger partial charge in [-0.2, -0.15) is 0 Å². The number of urea groups is 1. The molecule has 0 spiro atoms. The lowest BCUT2D eigenvalue weighted by Gasteiger charge is -2.42. The molecule has 1 atom stereocenters. The van der Waals surface area contributed by atoms with Crippen LogP contribution in [0.25, 0.3) is 0 Å². The van der Waals surface area contributed by atoms with E-state index in [-0.39, 0.29) is 12.2 Å². The number of likely N-dealkylation sites (tertiary alicyclic amines) is 1. The van der Waals surface area contributed by atoms with Gasteiger partial charge in [0.25, 0.3) is 0 Å². The Bertz CT molecular complexity index is 1180. The molecule has 0 bridgehead atoms. The minimum absolute atomic E-state index is 0.0866. The van der Waals surface area contributed by atoms with Crippen LogP contribution in [0.15, 0.2) is 82.6 Å². The summed E-state index contributed by atoms with van der Waals surface area (Å²) in [5.41, 5.74) is 4.01. The van der Waals surface area contributed by atoms with Crippen molar-refractivity contribution in [3.05, 3.63) is 94.5 Å². The van der Waals surface area contributed by atoms with Gasteiger partial charge in [-0.1, -0.05) is 59.8 Å². The van der Waals surface area contributed by atoms with Crippen molar-refractivity contribution < 1.29 is 9.28 Å². The van der Waals surface area contributed by atoms with Crippen molar-refractivity contribution in [2.45, 2.75) is 67.4 Å². The fourth-order valence-corrected chi connectivity index (χ4v) is 6.71. The standard InChI is InChI=1S/C31H36ClN3OS/c1-23-6-2-3-7-29(23)25-17-20-35(21-18-25,31(36)34-30-8-4-5-19-33-30)22-24-9-13-27(14-10-24)37-28-15-11-26(32)12-16-28/h2-3,6-7,9-16,25,30,33H,4-5,8,17-22H2,1H3/p+1/t25?,30-,35?/m1/s1. The smallest absolute Gasteiger partial charge is 0.297 e. The number of hydrogen-bond donors (Lipinski definition) is 2. The average Bonchev–Trinajstić information content (AvgIpc) is 2.92. The number of nitrogens with one attached hydrogen (secondary N) is 2. The van der Waals surface area contributed by atoms with Crippen LogP contribution < -0.4 is 10.6 Å². The topological polar surface area (TPSA) is 41.1 Å². The first kappa shape index (κ1) is 26.3. The third-order valence-corrected chi connectivity index (χ3v) is 9.20. The number of halogens is 1. The summed E-state index contributed by atoms with van der Waals surface area (Å²) in [7, 11) is 0. The lowest BCUT2D eigenvalue weighted by atomic mass is 9.85. The number of carbonyl (C=O) groups is 1. The van der Waals surface area contributed by atoms with Gasteiger partial charge in [-0.15, -0.1) is 0 Å². The molecule has 0 aliphatic carbocycles. The largest absolute Gasteiger partial charge is 0.418 e. The fourth-order valence-electron chi connectivity index (χ4n) is 5.76. The minimum Gasteiger partial charge on any atom is -0.297 e. The number of hydrogen-bond acceptors (Lipinski definition) is 3. The van der Waals surface area contributed by atoms with E-state index < -0.39 is 0 Å². The maximum atomic E-state index is 13.8. The minimum atomic E-state index is 0.0866. The quantitative estimate of drug-likeness (QED) is 0.322. The molecule has 2 aliphatic rings. The van der Waals surface area contributed by atoms with E-state index in [1.165, 1.54) is 39.3 Å². The van der Waals surface area contributed by atoms with Crippen molar-refractivity contribution in [1.29, 1.82) is 0 Å². The summed E-state index contributed by atoms with van der Waals surface area (Å²) in [6, 6.07) is 25.6. The molecular weight excluding hydrogens is 498 g/mol. The van der Waals surface area contributed by atoms with Gasteiger partial charge in [0.15, 0.2) is 0 Å². The molecule has 4 nitrogen and oxygen atoms in total. The Morgan fingerprint density at radius 1 is 0.946 bits per heavy atom. The summed E-state index contributed by atoms with van der Waals surface area (Å²) in [5, 5.41) is 7.62. The van der Waals surface area contributed by atoms with Gasteiger partial charge in [-0.25, -0.2) is 9.28 Å². The van der Waals surface area contributed by atoms with Crippen LogP contribution >= 0.6 is 23.4 Å². The highest BCUT2D eigenvalue weighted by Gasteiger charge is 2.42. The fraction of sp³-hybridized carbons (Fsp3) is 0.387. The van der Waals surface area contributed by atoms with Crippen molar-refractivity contribution in [3.63, 3.8) is 0 Å². The molecular formula is C31H37ClN3OS+. The zero-order chi connectivity index (χ0) is 25.7. The third kappa shape index (κ3) is 6.58. The van der Waals surface area contributed by atoms with Crippen LogP contribution in [-0.2, 0) is 6.54 Å². The molecule has 0 radical (unpaired) electrons. The first-order valence-corrected chi connectivity index (χ1v) is 14.7. The molecule has 6 heteroatoms. The Morgan fingerprint density at radius 3 is 2.27 bits per heavy atom. The van der Waals surface area contributed by atoms with Gasteiger partial charge in [-0.3, -0.25) is 10.6 Å². The Balaban J connectivity index is 1.31. The summed E-state index contributed by atoms with van der Waals surface area (Å²) in [6.07, 6.45) is 5.50. The molecule has 5 rings (SSSR count). The Morgan fingerprint density at radius 2 is 1.62 bits per heavy atom. The van der Waals surface area contributed by atoms with Crippen LogP contribution in [0.4, 0.5) is 4.79 Å². The van der Waals surface area contributed by atoms with Crippen molar-refractivity contribution in [1.82, 2.24) is 10.6 Å².